The topological polar surface area (TPSA) is 80.9 Å². The van der Waals surface area contributed by atoms with Crippen LogP contribution >= 0.6 is 0 Å². The predicted molar refractivity (Wildman–Crippen MR) is 131 cm³/mol. The van der Waals surface area contributed by atoms with Crippen molar-refractivity contribution < 1.29 is 54.1 Å². The molecule has 2 aliphatic rings. The average molecular weight is 530 g/mol. The molecule has 2 heterocycles. The van der Waals surface area contributed by atoms with Crippen LogP contribution in [-0.2, 0) is 28.5 Å². The molecule has 3 aromatic rings. The van der Waals surface area contributed by atoms with E-state index in [0.29, 0.717) is 10.6 Å². The number of ketones is 1. The molecule has 2 N–H and O–H groups in total. The molecule has 37 heavy (non-hydrogen) atoms. The minimum Gasteiger partial charge on any atom is -0.395 e. The number of carbonyl (C=O) groups is 1. The van der Waals surface area contributed by atoms with Gasteiger partial charge in [-0.1, -0.05) is 26.8 Å². The smallest absolute Gasteiger partial charge is 0.395 e. The molecule has 6 nitrogen and oxygen atoms in total. The summed E-state index contributed by atoms with van der Waals surface area (Å²) in [7, 11) is 0. The van der Waals surface area contributed by atoms with E-state index in [1.807, 2.05) is 0 Å². The Morgan fingerprint density at radius 1 is 1.30 bits per heavy atom. The van der Waals surface area contributed by atoms with Gasteiger partial charge in [0, 0.05) is 35.3 Å². The molecular weight excluding hydrogens is 487 g/mol. The molecule has 1 unspecified atom stereocenters. The maximum atomic E-state index is 15.9. The first-order chi connectivity index (χ1) is 22.0. The van der Waals surface area contributed by atoms with Crippen LogP contribution in [0.2, 0.25) is 0 Å². The second-order valence-electron chi connectivity index (χ2n) is 8.89. The van der Waals surface area contributed by atoms with Gasteiger partial charge in [0.05, 0.1) is 34.2 Å². The lowest BCUT2D eigenvalue weighted by Crippen LogP contribution is -2.26. The number of aliphatic hydroxyl groups excluding tert-OH is 1. The monoisotopic (exact) mass is 529 g/mol. The normalized spacial score (nSPS) is 29.1. The first kappa shape index (κ1) is 14.8. The quantitative estimate of drug-likeness (QED) is 0.409. The van der Waals surface area contributed by atoms with Crippen molar-refractivity contribution in [1.29, 1.82) is 0 Å². The van der Waals surface area contributed by atoms with E-state index in [-0.39, 0.29) is 5.39 Å². The Bertz CT molecular complexity index is 1840. The number of benzene rings is 2. The van der Waals surface area contributed by atoms with Gasteiger partial charge in [-0.25, -0.2) is 4.39 Å². The zero-order valence-electron chi connectivity index (χ0n) is 31.6. The largest absolute Gasteiger partial charge is 0.586 e. The highest BCUT2D eigenvalue weighted by atomic mass is 19.3. The van der Waals surface area contributed by atoms with Gasteiger partial charge in [-0.05, 0) is 60.6 Å². The van der Waals surface area contributed by atoms with Crippen molar-refractivity contribution in [2.45, 2.75) is 75.9 Å². The zero-order valence-corrected chi connectivity index (χ0v) is 19.6. The first-order valence-corrected chi connectivity index (χ1v) is 11.1. The lowest BCUT2D eigenvalue weighted by atomic mass is 9.86. The Morgan fingerprint density at radius 2 is 2.03 bits per heavy atom. The molecule has 198 valence electrons. The molecule has 1 saturated carbocycles. The van der Waals surface area contributed by atoms with E-state index in [1.165, 1.54) is 0 Å². The van der Waals surface area contributed by atoms with Gasteiger partial charge in [0.15, 0.2) is 11.5 Å². The zero-order chi connectivity index (χ0) is 37.3. The van der Waals surface area contributed by atoms with Gasteiger partial charge in [-0.3, -0.25) is 4.79 Å². The van der Waals surface area contributed by atoms with Crippen molar-refractivity contribution in [2.24, 2.45) is 0 Å². The number of alkyl halides is 2. The minimum atomic E-state index is -4.08. The summed E-state index contributed by atoms with van der Waals surface area (Å²) in [6, 6.07) is 5.27. The van der Waals surface area contributed by atoms with Crippen molar-refractivity contribution in [3.63, 3.8) is 0 Å². The molecule has 1 aliphatic heterocycles. The lowest BCUT2D eigenvalue weighted by molar-refractivity contribution is -0.286. The Morgan fingerprint density at radius 3 is 2.68 bits per heavy atom. The van der Waals surface area contributed by atoms with Crippen molar-refractivity contribution in [3.8, 4) is 11.5 Å². The van der Waals surface area contributed by atoms with Gasteiger partial charge in [0.1, 0.15) is 11.6 Å². The molecule has 1 aliphatic carbocycles. The predicted octanol–water partition coefficient (Wildman–Crippen LogP) is 4.99. The maximum absolute atomic E-state index is 15.9. The van der Waals surface area contributed by atoms with Crippen molar-refractivity contribution in [1.82, 2.24) is 4.57 Å². The Hall–Kier alpha value is -3.04. The SMILES string of the molecule is [2H]C([2H])([2H])C(C)(c1cc2cc(CC(=O)C3(c4ccc5c(c4)OC(F)(F)O5)C([2H])([2H])C3([2H])[2H])c(F)cc2n1C([2H])([2H])[C@]([2H])(O)CO)C([2H])([2H])C. The first-order valence-electron chi connectivity index (χ1n) is 17.1. The second-order valence-corrected chi connectivity index (χ2v) is 8.89. The van der Waals surface area contributed by atoms with Crippen molar-refractivity contribution >= 4 is 16.7 Å². The lowest BCUT2D eigenvalue weighted by Gasteiger charge is -2.26. The van der Waals surface area contributed by atoms with Crippen molar-refractivity contribution in [2.75, 3.05) is 6.61 Å². The summed E-state index contributed by atoms with van der Waals surface area (Å²) in [4.78, 5) is 13.9. The number of aromatic nitrogens is 1. The molecule has 1 fully saturated rings. The molecule has 0 saturated heterocycles. The Kier molecular flexibility index (Phi) is 3.50. The summed E-state index contributed by atoms with van der Waals surface area (Å²) in [6.07, 6.45) is -17.0. The summed E-state index contributed by atoms with van der Waals surface area (Å²) in [5.41, 5.74) is -7.39. The maximum Gasteiger partial charge on any atom is 0.586 e. The molecule has 0 radical (unpaired) electrons. The standard InChI is InChI=1S/C28H30F3NO5/c1-4-26(2,3)24-10-17-9-16(20(29)13-21(17)32(24)14-19(34)15-33)11-25(35)27(7-8-27)18-5-6-22-23(12-18)37-28(30,31)36-22/h5-6,9-10,12-13,19,33-34H,4,7-8,11,14-15H2,1-3H3/t19-/m0/s1/i2D3,4D2,7D2,8D2,14D2,19D/t19-,26?. The minimum absolute atomic E-state index is 0.224. The molecule has 0 spiro atoms. The highest BCUT2D eigenvalue weighted by molar-refractivity contribution is 5.95. The third-order valence-corrected chi connectivity index (χ3v) is 6.35. The fourth-order valence-electron chi connectivity index (χ4n) is 4.19. The highest BCUT2D eigenvalue weighted by Gasteiger charge is 2.52. The molecule has 2 aromatic carbocycles. The highest BCUT2D eigenvalue weighted by Crippen LogP contribution is 2.52. The third-order valence-electron chi connectivity index (χ3n) is 6.35. The van der Waals surface area contributed by atoms with Gasteiger partial charge in [-0.2, -0.15) is 0 Å². The number of nitrogens with zero attached hydrogens (tertiary/aromatic N) is 1. The number of ether oxygens (including phenoxy) is 2. The van der Waals surface area contributed by atoms with Crippen LogP contribution in [0, 0.1) is 5.82 Å². The van der Waals surface area contributed by atoms with Crippen LogP contribution in [0.3, 0.4) is 0 Å². The van der Waals surface area contributed by atoms with Crippen LogP contribution in [0.4, 0.5) is 13.2 Å². The summed E-state index contributed by atoms with van der Waals surface area (Å²) in [6.45, 7) is -6.35. The Labute approximate surface area is 229 Å². The molecule has 1 aromatic heterocycles. The van der Waals surface area contributed by atoms with E-state index in [0.717, 1.165) is 44.2 Å². The molecule has 9 heteroatoms. The number of fused-ring (bicyclic) bond motifs is 2. The van der Waals surface area contributed by atoms with Gasteiger partial charge in [-0.15, -0.1) is 8.78 Å². The van der Waals surface area contributed by atoms with E-state index >= 15 is 4.39 Å². The molecule has 0 amide bonds. The van der Waals surface area contributed by atoms with E-state index in [4.69, 9.17) is 16.4 Å². The molecule has 0 bridgehead atoms. The van der Waals surface area contributed by atoms with E-state index < -0.39 is 114 Å². The number of Topliss-reactive ketones (excluding diaryl/α,β-unsaturated/α-hetero) is 1. The second kappa shape index (κ2) is 8.77. The third kappa shape index (κ3) is 4.48. The number of aliphatic hydroxyl groups is 2. The Balaban J connectivity index is 1.70. The van der Waals surface area contributed by atoms with Crippen molar-refractivity contribution in [3.05, 3.63) is 59.0 Å². The number of hydrogen-bond donors (Lipinski definition) is 2. The fourth-order valence-corrected chi connectivity index (χ4v) is 4.19. The van der Waals surface area contributed by atoms with Crippen LogP contribution in [0.15, 0.2) is 36.4 Å². The summed E-state index contributed by atoms with van der Waals surface area (Å²) in [5, 5.41) is 20.0. The fraction of sp³-hybridized carbons (Fsp3) is 0.464. The van der Waals surface area contributed by atoms with E-state index in [1.54, 1.807) is 0 Å². The van der Waals surface area contributed by atoms with E-state index in [2.05, 4.69) is 9.47 Å². The molecule has 5 rings (SSSR count). The summed E-state index contributed by atoms with van der Waals surface area (Å²) >= 11 is 0. The number of rotatable bonds is 9. The van der Waals surface area contributed by atoms with Crippen LogP contribution < -0.4 is 9.47 Å². The van der Waals surface area contributed by atoms with Crippen LogP contribution in [0.5, 0.6) is 11.5 Å². The van der Waals surface area contributed by atoms with E-state index in [9.17, 15) is 23.8 Å². The summed E-state index contributed by atoms with van der Waals surface area (Å²) in [5.74, 6) is -3.58. The van der Waals surface area contributed by atoms with Crippen LogP contribution in [0.1, 0.15) is 73.1 Å². The van der Waals surface area contributed by atoms with Gasteiger partial charge < -0.3 is 24.3 Å². The van der Waals surface area contributed by atoms with Gasteiger partial charge in [0.25, 0.3) is 0 Å². The average Bonchev–Trinajstić information content (AvgIpc) is 3.26. The van der Waals surface area contributed by atoms with Crippen LogP contribution in [-0.4, -0.2) is 39.5 Å². The van der Waals surface area contributed by atoms with Gasteiger partial charge >= 0.3 is 6.29 Å². The number of halogens is 3. The molecular formula is C28H30F3NO5. The summed E-state index contributed by atoms with van der Waals surface area (Å²) < 4.78 is 152. The number of carbonyl (C=O) groups excluding carboxylic acids is 1. The molecule has 2 atom stereocenters. The van der Waals surface area contributed by atoms with Crippen LogP contribution in [0.25, 0.3) is 10.9 Å². The number of hydrogen-bond acceptors (Lipinski definition) is 5. The van der Waals surface area contributed by atoms with Gasteiger partial charge in [0.2, 0.25) is 0 Å².